The standard InChI is InChI=1S/C50H44N6/c1-5-17-35(18-6-1)55-45-23-11-9-21-43(45)51-49(55)47-39-27-25-38(54-31-15-4-16-32-54)34-42(39)48(40-28-26-37(33-41(40)47)53-29-13-3-14-30-53)50-52-44-22-10-12-24-46(44)56(50)36-19-7-2-8-20-36/h1-2,5-12,17-28,33-34H,3-4,13-16,29-32H2. The number of benzene rings is 7. The van der Waals surface area contributed by atoms with Crippen molar-refractivity contribution in [2.75, 3.05) is 36.0 Å². The minimum absolute atomic E-state index is 0.956. The number of piperidine rings is 2. The molecule has 0 amide bonds. The van der Waals surface area contributed by atoms with Gasteiger partial charge in [-0.15, -0.1) is 0 Å². The van der Waals surface area contributed by atoms with Gasteiger partial charge in [0.25, 0.3) is 0 Å². The normalized spacial score (nSPS) is 15.1. The van der Waals surface area contributed by atoms with E-state index in [0.29, 0.717) is 0 Å². The second-order valence-corrected chi connectivity index (χ2v) is 15.5. The molecule has 0 bridgehead atoms. The molecule has 6 nitrogen and oxygen atoms in total. The van der Waals surface area contributed by atoms with Crippen molar-refractivity contribution in [3.63, 3.8) is 0 Å². The minimum atomic E-state index is 0.956. The van der Waals surface area contributed by atoms with Gasteiger partial charge in [0, 0.05) is 60.1 Å². The lowest BCUT2D eigenvalue weighted by atomic mass is 9.89. The van der Waals surface area contributed by atoms with E-state index in [1.165, 1.54) is 71.4 Å². The van der Waals surface area contributed by atoms with E-state index >= 15 is 0 Å². The van der Waals surface area contributed by atoms with Gasteiger partial charge < -0.3 is 9.80 Å². The largest absolute Gasteiger partial charge is 0.372 e. The van der Waals surface area contributed by atoms with Crippen LogP contribution in [0.1, 0.15) is 38.5 Å². The van der Waals surface area contributed by atoms with Gasteiger partial charge >= 0.3 is 0 Å². The molecule has 0 N–H and O–H groups in total. The molecule has 274 valence electrons. The van der Waals surface area contributed by atoms with Crippen LogP contribution in [-0.4, -0.2) is 45.3 Å². The topological polar surface area (TPSA) is 42.1 Å². The van der Waals surface area contributed by atoms with E-state index < -0.39 is 0 Å². The summed E-state index contributed by atoms with van der Waals surface area (Å²) in [5.74, 6) is 1.91. The lowest BCUT2D eigenvalue weighted by Gasteiger charge is -2.30. The van der Waals surface area contributed by atoms with Crippen LogP contribution in [0.4, 0.5) is 11.4 Å². The fourth-order valence-electron chi connectivity index (χ4n) is 9.45. The van der Waals surface area contributed by atoms with E-state index in [-0.39, 0.29) is 0 Å². The number of nitrogens with zero attached hydrogens (tertiary/aromatic N) is 6. The van der Waals surface area contributed by atoms with E-state index in [1.54, 1.807) is 0 Å². The Morgan fingerprint density at radius 3 is 1.16 bits per heavy atom. The van der Waals surface area contributed by atoms with Gasteiger partial charge in [0.05, 0.1) is 22.1 Å². The Morgan fingerprint density at radius 1 is 0.339 bits per heavy atom. The van der Waals surface area contributed by atoms with Gasteiger partial charge in [-0.25, -0.2) is 9.97 Å². The average Bonchev–Trinajstić information content (AvgIpc) is 3.85. The third-order valence-corrected chi connectivity index (χ3v) is 12.1. The van der Waals surface area contributed by atoms with Crippen molar-refractivity contribution in [3.05, 3.63) is 146 Å². The molecule has 11 rings (SSSR count). The molecule has 2 aliphatic heterocycles. The molecule has 0 spiro atoms. The predicted molar refractivity (Wildman–Crippen MR) is 234 cm³/mol. The molecular weight excluding hydrogens is 685 g/mol. The lowest BCUT2D eigenvalue weighted by Crippen LogP contribution is -2.29. The maximum Gasteiger partial charge on any atom is 0.146 e. The SMILES string of the molecule is c1ccc(-n2c(-c3c4ccc(N5CCCCC5)cc4c(-c4nc5ccccc5n4-c4ccccc4)c4ccc(N5CCCCC5)cc34)nc3ccccc32)cc1. The second kappa shape index (κ2) is 13.7. The predicted octanol–water partition coefficient (Wildman–Crippen LogP) is 12.0. The van der Waals surface area contributed by atoms with Crippen molar-refractivity contribution in [1.29, 1.82) is 0 Å². The summed E-state index contributed by atoms with van der Waals surface area (Å²) in [5, 5.41) is 4.76. The third-order valence-electron chi connectivity index (χ3n) is 12.1. The van der Waals surface area contributed by atoms with Crippen LogP contribution in [0.25, 0.3) is 77.8 Å². The summed E-state index contributed by atoms with van der Waals surface area (Å²) in [5.41, 5.74) is 11.2. The summed E-state index contributed by atoms with van der Waals surface area (Å²) in [4.78, 5) is 16.2. The van der Waals surface area contributed by atoms with Crippen molar-refractivity contribution in [1.82, 2.24) is 19.1 Å². The van der Waals surface area contributed by atoms with Crippen LogP contribution in [0.2, 0.25) is 0 Å². The number of fused-ring (bicyclic) bond motifs is 4. The molecule has 2 aliphatic rings. The van der Waals surface area contributed by atoms with Gasteiger partial charge in [-0.3, -0.25) is 9.13 Å². The molecule has 2 saturated heterocycles. The zero-order valence-corrected chi connectivity index (χ0v) is 31.6. The molecule has 0 atom stereocenters. The van der Waals surface area contributed by atoms with Crippen molar-refractivity contribution < 1.29 is 0 Å². The molecule has 56 heavy (non-hydrogen) atoms. The van der Waals surface area contributed by atoms with Crippen molar-refractivity contribution in [2.24, 2.45) is 0 Å². The Morgan fingerprint density at radius 2 is 0.732 bits per heavy atom. The Balaban J connectivity index is 1.31. The zero-order valence-electron chi connectivity index (χ0n) is 31.6. The Labute approximate surface area is 327 Å². The zero-order chi connectivity index (χ0) is 37.0. The summed E-state index contributed by atoms with van der Waals surface area (Å²) in [6.45, 7) is 4.30. The summed E-state index contributed by atoms with van der Waals surface area (Å²) >= 11 is 0. The molecule has 0 radical (unpaired) electrons. The number of anilines is 2. The number of para-hydroxylation sites is 6. The van der Waals surface area contributed by atoms with Crippen molar-refractivity contribution >= 4 is 55.0 Å². The van der Waals surface area contributed by atoms with Crippen LogP contribution in [0.3, 0.4) is 0 Å². The highest BCUT2D eigenvalue weighted by Crippen LogP contribution is 2.47. The molecular formula is C50H44N6. The lowest BCUT2D eigenvalue weighted by molar-refractivity contribution is 0.578. The second-order valence-electron chi connectivity index (χ2n) is 15.5. The molecule has 2 aromatic heterocycles. The molecule has 0 saturated carbocycles. The van der Waals surface area contributed by atoms with Gasteiger partial charge in [0.2, 0.25) is 0 Å². The van der Waals surface area contributed by atoms with Crippen LogP contribution in [0.5, 0.6) is 0 Å². The summed E-state index contributed by atoms with van der Waals surface area (Å²) < 4.78 is 4.74. The smallest absolute Gasteiger partial charge is 0.146 e. The Kier molecular flexibility index (Phi) is 8.08. The summed E-state index contributed by atoms with van der Waals surface area (Å²) in [6, 6.07) is 53.0. The summed E-state index contributed by atoms with van der Waals surface area (Å²) in [7, 11) is 0. The molecule has 9 aromatic rings. The van der Waals surface area contributed by atoms with Gasteiger partial charge in [-0.2, -0.15) is 0 Å². The van der Waals surface area contributed by atoms with Crippen LogP contribution < -0.4 is 9.80 Å². The molecule has 7 aromatic carbocycles. The number of hydrogen-bond donors (Lipinski definition) is 0. The average molecular weight is 729 g/mol. The first-order chi connectivity index (χ1) is 27.8. The van der Waals surface area contributed by atoms with Crippen LogP contribution in [0, 0.1) is 0 Å². The third kappa shape index (κ3) is 5.46. The molecule has 0 aliphatic carbocycles. The molecule has 4 heterocycles. The number of imidazole rings is 2. The van der Waals surface area contributed by atoms with Gasteiger partial charge in [-0.05, 0) is 133 Å². The first-order valence-corrected chi connectivity index (χ1v) is 20.4. The molecule has 2 fully saturated rings. The maximum absolute atomic E-state index is 5.53. The summed E-state index contributed by atoms with van der Waals surface area (Å²) in [6.07, 6.45) is 7.47. The Hall–Kier alpha value is -6.40. The van der Waals surface area contributed by atoms with Gasteiger partial charge in [0.15, 0.2) is 0 Å². The van der Waals surface area contributed by atoms with E-state index in [9.17, 15) is 0 Å². The number of aromatic nitrogens is 4. The monoisotopic (exact) mass is 728 g/mol. The van der Waals surface area contributed by atoms with Crippen LogP contribution in [0.15, 0.2) is 146 Å². The molecule has 0 unspecified atom stereocenters. The highest BCUT2D eigenvalue weighted by atomic mass is 15.1. The first kappa shape index (κ1) is 33.0. The van der Waals surface area contributed by atoms with E-state index in [4.69, 9.17) is 9.97 Å². The molecule has 6 heteroatoms. The van der Waals surface area contributed by atoms with Crippen molar-refractivity contribution in [2.45, 2.75) is 38.5 Å². The van der Waals surface area contributed by atoms with E-state index in [1.807, 2.05) is 0 Å². The minimum Gasteiger partial charge on any atom is -0.372 e. The number of hydrogen-bond acceptors (Lipinski definition) is 4. The quantitative estimate of drug-likeness (QED) is 0.160. The van der Waals surface area contributed by atoms with Crippen molar-refractivity contribution in [3.8, 4) is 34.2 Å². The van der Waals surface area contributed by atoms with Gasteiger partial charge in [0.1, 0.15) is 11.6 Å². The van der Waals surface area contributed by atoms with E-state index in [2.05, 4.69) is 165 Å². The Bertz CT molecular complexity index is 2680. The fourth-order valence-corrected chi connectivity index (χ4v) is 9.45. The van der Waals surface area contributed by atoms with E-state index in [0.717, 1.165) is 82.4 Å². The van der Waals surface area contributed by atoms with Crippen LogP contribution in [-0.2, 0) is 0 Å². The highest BCUT2D eigenvalue weighted by molar-refractivity contribution is 6.22. The fraction of sp³-hybridized carbons (Fsp3) is 0.200. The van der Waals surface area contributed by atoms with Crippen LogP contribution >= 0.6 is 0 Å². The number of rotatable bonds is 6. The first-order valence-electron chi connectivity index (χ1n) is 20.4. The van der Waals surface area contributed by atoms with Gasteiger partial charge in [-0.1, -0.05) is 72.8 Å². The maximum atomic E-state index is 5.53. The highest BCUT2D eigenvalue weighted by Gasteiger charge is 2.27.